The highest BCUT2D eigenvalue weighted by atomic mass is 32.1. The van der Waals surface area contributed by atoms with Crippen LogP contribution in [0, 0.1) is 10.1 Å². The van der Waals surface area contributed by atoms with Crippen molar-refractivity contribution in [1.29, 1.82) is 0 Å². The minimum atomic E-state index is -5.03. The Morgan fingerprint density at radius 2 is 1.63 bits per heavy atom. The van der Waals surface area contributed by atoms with E-state index >= 15 is 0 Å². The van der Waals surface area contributed by atoms with Gasteiger partial charge in [0.25, 0.3) is 0 Å². The Bertz CT molecular complexity index is 871. The summed E-state index contributed by atoms with van der Waals surface area (Å²) in [5.41, 5.74) is -3.97. The second kappa shape index (κ2) is 7.34. The Labute approximate surface area is 149 Å². The normalized spacial score (nSPS) is 12.4. The van der Waals surface area contributed by atoms with Gasteiger partial charge in [0.2, 0.25) is 0 Å². The molecule has 0 aliphatic carbocycles. The van der Waals surface area contributed by atoms with Crippen LogP contribution >= 0.6 is 11.3 Å². The van der Waals surface area contributed by atoms with E-state index in [0.29, 0.717) is 29.7 Å². The van der Waals surface area contributed by atoms with Gasteiger partial charge < -0.3 is 4.84 Å². The van der Waals surface area contributed by atoms with E-state index in [-0.39, 0.29) is 16.6 Å². The first-order chi connectivity index (χ1) is 12.4. The van der Waals surface area contributed by atoms with E-state index in [9.17, 15) is 41.3 Å². The average molecular weight is 412 g/mol. The summed E-state index contributed by atoms with van der Waals surface area (Å²) < 4.78 is 76.3. The molecule has 0 bridgehead atoms. The molecule has 1 aromatic heterocycles. The van der Waals surface area contributed by atoms with Gasteiger partial charge in [0.1, 0.15) is 0 Å². The maximum atomic E-state index is 12.7. The number of rotatable bonds is 4. The molecule has 0 aliphatic rings. The van der Waals surface area contributed by atoms with Gasteiger partial charge in [0.15, 0.2) is 0 Å². The van der Waals surface area contributed by atoms with Crippen LogP contribution in [0.1, 0.15) is 27.0 Å². The minimum absolute atomic E-state index is 0.0617. The molecule has 0 N–H and O–H groups in total. The summed E-state index contributed by atoms with van der Waals surface area (Å²) in [5, 5.41) is 14.3. The number of hydrogen-bond acceptors (Lipinski definition) is 6. The molecule has 6 nitrogen and oxygen atoms in total. The predicted octanol–water partition coefficient (Wildman–Crippen LogP) is 4.88. The molecular formula is C14H6F6N2O4S. The molecule has 0 saturated carbocycles. The van der Waals surface area contributed by atoms with Crippen molar-refractivity contribution in [3.63, 3.8) is 0 Å². The molecule has 144 valence electrons. The Morgan fingerprint density at radius 1 is 1.07 bits per heavy atom. The SMILES string of the molecule is O=C(O/N=C\c1cc(C(F)(F)F)cc(C(F)(F)F)c1)c1csc([N+](=O)[O-])c1. The van der Waals surface area contributed by atoms with E-state index in [0.717, 1.165) is 11.4 Å². The molecule has 1 heterocycles. The van der Waals surface area contributed by atoms with Crippen molar-refractivity contribution < 1.29 is 40.9 Å². The zero-order valence-corrected chi connectivity index (χ0v) is 13.5. The van der Waals surface area contributed by atoms with E-state index < -0.39 is 39.9 Å². The van der Waals surface area contributed by atoms with Crippen molar-refractivity contribution in [2.75, 3.05) is 0 Å². The number of carbonyl (C=O) groups is 1. The number of halogens is 6. The molecule has 0 amide bonds. The van der Waals surface area contributed by atoms with E-state index in [4.69, 9.17) is 0 Å². The topological polar surface area (TPSA) is 81.8 Å². The Morgan fingerprint density at radius 3 is 2.07 bits per heavy atom. The molecule has 27 heavy (non-hydrogen) atoms. The molecule has 2 rings (SSSR count). The molecule has 0 radical (unpaired) electrons. The van der Waals surface area contributed by atoms with Crippen LogP contribution in [0.2, 0.25) is 0 Å². The highest BCUT2D eigenvalue weighted by Crippen LogP contribution is 2.36. The third-order valence-corrected chi connectivity index (χ3v) is 3.83. The van der Waals surface area contributed by atoms with Gasteiger partial charge in [-0.25, -0.2) is 4.79 Å². The van der Waals surface area contributed by atoms with Crippen molar-refractivity contribution in [3.05, 3.63) is 62.0 Å². The van der Waals surface area contributed by atoms with Crippen molar-refractivity contribution in [2.45, 2.75) is 12.4 Å². The third kappa shape index (κ3) is 5.26. The van der Waals surface area contributed by atoms with Gasteiger partial charge in [0, 0.05) is 11.4 Å². The largest absolute Gasteiger partial charge is 0.416 e. The van der Waals surface area contributed by atoms with Crippen LogP contribution in [0.4, 0.5) is 31.3 Å². The number of alkyl halides is 6. The van der Waals surface area contributed by atoms with Gasteiger partial charge in [-0.05, 0) is 23.8 Å². The summed E-state index contributed by atoms with van der Waals surface area (Å²) in [4.78, 5) is 25.7. The lowest BCUT2D eigenvalue weighted by atomic mass is 10.1. The zero-order valence-electron chi connectivity index (χ0n) is 12.7. The van der Waals surface area contributed by atoms with Crippen LogP contribution in [-0.2, 0) is 17.2 Å². The molecule has 0 aliphatic heterocycles. The second-order valence-electron chi connectivity index (χ2n) is 4.88. The van der Waals surface area contributed by atoms with Crippen LogP contribution in [0.25, 0.3) is 0 Å². The van der Waals surface area contributed by atoms with Gasteiger partial charge in [-0.15, -0.1) is 0 Å². The molecule has 0 unspecified atom stereocenters. The van der Waals surface area contributed by atoms with Crippen LogP contribution in [0.15, 0.2) is 34.8 Å². The van der Waals surface area contributed by atoms with Crippen LogP contribution in [-0.4, -0.2) is 17.1 Å². The number of oxime groups is 1. The first kappa shape index (κ1) is 20.4. The van der Waals surface area contributed by atoms with E-state index in [1.165, 1.54) is 0 Å². The molecule has 0 spiro atoms. The highest BCUT2D eigenvalue weighted by Gasteiger charge is 2.36. The summed E-state index contributed by atoms with van der Waals surface area (Å²) in [6.45, 7) is 0. The summed E-state index contributed by atoms with van der Waals surface area (Å²) in [6, 6.07) is 1.60. The number of benzene rings is 1. The lowest BCUT2D eigenvalue weighted by molar-refractivity contribution is -0.380. The zero-order chi connectivity index (χ0) is 20.4. The van der Waals surface area contributed by atoms with Gasteiger partial charge in [-0.2, -0.15) is 26.3 Å². The Balaban J connectivity index is 2.22. The molecule has 0 saturated heterocycles. The molecule has 0 fully saturated rings. The van der Waals surface area contributed by atoms with Crippen molar-refractivity contribution in [2.24, 2.45) is 5.16 Å². The monoisotopic (exact) mass is 412 g/mol. The highest BCUT2D eigenvalue weighted by molar-refractivity contribution is 7.13. The van der Waals surface area contributed by atoms with Crippen LogP contribution in [0.5, 0.6) is 0 Å². The Hall–Kier alpha value is -2.96. The fraction of sp³-hybridized carbons (Fsp3) is 0.143. The molecule has 1 aromatic carbocycles. The maximum Gasteiger partial charge on any atom is 0.416 e. The average Bonchev–Trinajstić information content (AvgIpc) is 3.03. The Kier molecular flexibility index (Phi) is 5.54. The summed E-state index contributed by atoms with van der Waals surface area (Å²) >= 11 is 0.623. The van der Waals surface area contributed by atoms with Crippen molar-refractivity contribution in [3.8, 4) is 0 Å². The van der Waals surface area contributed by atoms with Crippen LogP contribution in [0.3, 0.4) is 0 Å². The molecule has 13 heteroatoms. The van der Waals surface area contributed by atoms with Gasteiger partial charge in [0.05, 0.1) is 27.8 Å². The van der Waals surface area contributed by atoms with E-state index in [1.807, 2.05) is 0 Å². The standard InChI is InChI=1S/C14H6F6N2O4S/c15-13(16,17)9-1-7(2-10(4-9)14(18,19)20)5-21-26-12(23)8-3-11(22(24)25)27-6-8/h1-6H/b21-5-. The van der Waals surface area contributed by atoms with Crippen LogP contribution < -0.4 is 0 Å². The summed E-state index contributed by atoms with van der Waals surface area (Å²) in [6.07, 6.45) is -9.57. The fourth-order valence-electron chi connectivity index (χ4n) is 1.77. The number of nitro groups is 1. The lowest BCUT2D eigenvalue weighted by Crippen LogP contribution is -2.11. The minimum Gasteiger partial charge on any atom is -0.313 e. The number of hydrogen-bond donors (Lipinski definition) is 0. The maximum absolute atomic E-state index is 12.7. The second-order valence-corrected chi connectivity index (χ2v) is 5.77. The van der Waals surface area contributed by atoms with Crippen molar-refractivity contribution in [1.82, 2.24) is 0 Å². The first-order valence-electron chi connectivity index (χ1n) is 6.65. The number of nitrogens with zero attached hydrogens (tertiary/aromatic N) is 2. The predicted molar refractivity (Wildman–Crippen MR) is 80.4 cm³/mol. The number of carbonyl (C=O) groups excluding carboxylic acids is 1. The van der Waals surface area contributed by atoms with Gasteiger partial charge >= 0.3 is 23.3 Å². The third-order valence-electron chi connectivity index (χ3n) is 2.95. The smallest absolute Gasteiger partial charge is 0.313 e. The molecule has 0 atom stereocenters. The first-order valence-corrected chi connectivity index (χ1v) is 7.53. The molecule has 2 aromatic rings. The van der Waals surface area contributed by atoms with Gasteiger partial charge in [-0.1, -0.05) is 16.5 Å². The van der Waals surface area contributed by atoms with Crippen molar-refractivity contribution >= 4 is 28.5 Å². The summed E-state index contributed by atoms with van der Waals surface area (Å²) in [5.74, 6) is -1.17. The molecular weight excluding hydrogens is 406 g/mol. The quantitative estimate of drug-likeness (QED) is 0.236. The number of thiophene rings is 1. The fourth-order valence-corrected chi connectivity index (χ4v) is 2.46. The van der Waals surface area contributed by atoms with E-state index in [1.54, 1.807) is 0 Å². The van der Waals surface area contributed by atoms with Gasteiger partial charge in [-0.3, -0.25) is 10.1 Å². The lowest BCUT2D eigenvalue weighted by Gasteiger charge is -2.12. The van der Waals surface area contributed by atoms with E-state index in [2.05, 4.69) is 9.99 Å². The summed E-state index contributed by atoms with van der Waals surface area (Å²) in [7, 11) is 0.